The summed E-state index contributed by atoms with van der Waals surface area (Å²) in [6, 6.07) is 21.0. The molecule has 29 heavy (non-hydrogen) atoms. The van der Waals surface area contributed by atoms with Gasteiger partial charge in [0, 0.05) is 35.9 Å². The van der Waals surface area contributed by atoms with Crippen molar-refractivity contribution in [2.45, 2.75) is 22.9 Å². The summed E-state index contributed by atoms with van der Waals surface area (Å²) < 4.78 is 0. The van der Waals surface area contributed by atoms with Crippen LogP contribution in [0.25, 0.3) is 0 Å². The standard InChI is InChI=1S/C23H19N5S/c1-2-4-16(5-3-1)12-18-7-8-19(15-27-18)26-14-17-6-9-21-20(13-17)28-22-23(29-21)25-11-10-24-22/h1-11,13,15,26H,12,14H2,(H,24,28). The Morgan fingerprint density at radius 3 is 2.62 bits per heavy atom. The van der Waals surface area contributed by atoms with Crippen molar-refractivity contribution in [2.75, 3.05) is 10.6 Å². The third-order valence-corrected chi connectivity index (χ3v) is 5.79. The van der Waals surface area contributed by atoms with E-state index in [1.54, 1.807) is 24.2 Å². The van der Waals surface area contributed by atoms with Crippen molar-refractivity contribution in [3.8, 4) is 0 Å². The fraction of sp³-hybridized carbons (Fsp3) is 0.0870. The zero-order valence-corrected chi connectivity index (χ0v) is 16.5. The fourth-order valence-electron chi connectivity index (χ4n) is 3.23. The third kappa shape index (κ3) is 4.07. The van der Waals surface area contributed by atoms with E-state index in [9.17, 15) is 0 Å². The maximum Gasteiger partial charge on any atom is 0.163 e. The number of pyridine rings is 1. The minimum Gasteiger partial charge on any atom is -0.380 e. The zero-order valence-electron chi connectivity index (χ0n) is 15.7. The molecule has 1 aliphatic heterocycles. The van der Waals surface area contributed by atoms with Gasteiger partial charge in [-0.15, -0.1) is 0 Å². The van der Waals surface area contributed by atoms with Crippen molar-refractivity contribution in [1.29, 1.82) is 0 Å². The van der Waals surface area contributed by atoms with E-state index in [-0.39, 0.29) is 0 Å². The quantitative estimate of drug-likeness (QED) is 0.421. The largest absolute Gasteiger partial charge is 0.380 e. The van der Waals surface area contributed by atoms with Crippen molar-refractivity contribution in [1.82, 2.24) is 15.0 Å². The zero-order chi connectivity index (χ0) is 19.5. The number of rotatable bonds is 5. The smallest absolute Gasteiger partial charge is 0.163 e. The number of aromatic nitrogens is 3. The number of benzene rings is 2. The number of nitrogens with zero attached hydrogens (tertiary/aromatic N) is 3. The van der Waals surface area contributed by atoms with E-state index in [0.717, 1.165) is 45.8 Å². The Labute approximate surface area is 173 Å². The number of fused-ring (bicyclic) bond motifs is 2. The first-order chi connectivity index (χ1) is 14.3. The molecule has 5 rings (SSSR count). The Morgan fingerprint density at radius 1 is 0.862 bits per heavy atom. The summed E-state index contributed by atoms with van der Waals surface area (Å²) in [4.78, 5) is 14.5. The van der Waals surface area contributed by atoms with Crippen LogP contribution >= 0.6 is 11.8 Å². The normalized spacial score (nSPS) is 11.9. The second kappa shape index (κ2) is 7.93. The van der Waals surface area contributed by atoms with E-state index in [2.05, 4.69) is 80.2 Å². The van der Waals surface area contributed by atoms with Crippen LogP contribution in [0.2, 0.25) is 0 Å². The molecule has 0 spiro atoms. The minimum atomic E-state index is 0.729. The van der Waals surface area contributed by atoms with Crippen LogP contribution < -0.4 is 10.6 Å². The van der Waals surface area contributed by atoms with Gasteiger partial charge in [-0.25, -0.2) is 9.97 Å². The molecule has 0 amide bonds. The summed E-state index contributed by atoms with van der Waals surface area (Å²) in [5.41, 5.74) is 5.61. The summed E-state index contributed by atoms with van der Waals surface area (Å²) in [6.07, 6.45) is 6.17. The molecule has 2 aromatic carbocycles. The second-order valence-electron chi connectivity index (χ2n) is 6.82. The van der Waals surface area contributed by atoms with Crippen LogP contribution in [0.3, 0.4) is 0 Å². The monoisotopic (exact) mass is 397 g/mol. The van der Waals surface area contributed by atoms with Gasteiger partial charge in [0.1, 0.15) is 5.03 Å². The molecule has 0 bridgehead atoms. The van der Waals surface area contributed by atoms with Crippen LogP contribution in [0.4, 0.5) is 17.2 Å². The molecule has 1 aliphatic rings. The van der Waals surface area contributed by atoms with Crippen molar-refractivity contribution in [3.05, 3.63) is 96.1 Å². The SMILES string of the molecule is c1ccc(Cc2ccc(NCc3ccc4c(c3)Nc3nccnc3S4)cn2)cc1. The average molecular weight is 398 g/mol. The predicted molar refractivity (Wildman–Crippen MR) is 117 cm³/mol. The Morgan fingerprint density at radius 2 is 1.76 bits per heavy atom. The van der Waals surface area contributed by atoms with Gasteiger partial charge < -0.3 is 10.6 Å². The van der Waals surface area contributed by atoms with E-state index in [0.29, 0.717) is 0 Å². The van der Waals surface area contributed by atoms with Crippen LogP contribution in [0, 0.1) is 0 Å². The van der Waals surface area contributed by atoms with Gasteiger partial charge in [0.15, 0.2) is 5.82 Å². The first-order valence-electron chi connectivity index (χ1n) is 9.45. The molecule has 3 heterocycles. The maximum atomic E-state index is 4.59. The third-order valence-electron chi connectivity index (χ3n) is 4.72. The highest BCUT2D eigenvalue weighted by atomic mass is 32.2. The van der Waals surface area contributed by atoms with Gasteiger partial charge in [0.25, 0.3) is 0 Å². The van der Waals surface area contributed by atoms with Crippen LogP contribution in [-0.2, 0) is 13.0 Å². The second-order valence-corrected chi connectivity index (χ2v) is 7.85. The molecule has 0 atom stereocenters. The number of hydrogen-bond acceptors (Lipinski definition) is 6. The topological polar surface area (TPSA) is 62.7 Å². The Kier molecular flexibility index (Phi) is 4.84. The lowest BCUT2D eigenvalue weighted by Gasteiger charge is -2.19. The van der Waals surface area contributed by atoms with Crippen molar-refractivity contribution >= 4 is 29.0 Å². The van der Waals surface area contributed by atoms with Crippen molar-refractivity contribution < 1.29 is 0 Å². The Balaban J connectivity index is 1.23. The molecule has 2 aromatic heterocycles. The molecule has 4 aromatic rings. The van der Waals surface area contributed by atoms with Crippen LogP contribution in [0.15, 0.2) is 89.2 Å². The first-order valence-corrected chi connectivity index (χ1v) is 10.3. The molecule has 0 saturated heterocycles. The van der Waals surface area contributed by atoms with E-state index >= 15 is 0 Å². The summed E-state index contributed by atoms with van der Waals surface area (Å²) in [6.45, 7) is 0.729. The Bertz CT molecular complexity index is 1130. The van der Waals surface area contributed by atoms with Gasteiger partial charge in [-0.05, 0) is 35.4 Å². The molecule has 0 saturated carbocycles. The summed E-state index contributed by atoms with van der Waals surface area (Å²) in [7, 11) is 0. The molecule has 2 N–H and O–H groups in total. The molecule has 5 nitrogen and oxygen atoms in total. The van der Waals surface area contributed by atoms with Crippen molar-refractivity contribution in [2.24, 2.45) is 0 Å². The summed E-state index contributed by atoms with van der Waals surface area (Å²) >= 11 is 1.64. The fourth-order valence-corrected chi connectivity index (χ4v) is 4.11. The maximum absolute atomic E-state index is 4.59. The number of anilines is 3. The highest BCUT2D eigenvalue weighted by Crippen LogP contribution is 2.42. The van der Waals surface area contributed by atoms with Crippen LogP contribution in [0.5, 0.6) is 0 Å². The van der Waals surface area contributed by atoms with E-state index < -0.39 is 0 Å². The van der Waals surface area contributed by atoms with Crippen LogP contribution in [0.1, 0.15) is 16.8 Å². The van der Waals surface area contributed by atoms with Gasteiger partial charge >= 0.3 is 0 Å². The lowest BCUT2D eigenvalue weighted by Crippen LogP contribution is -2.05. The molecule has 6 heteroatoms. The van der Waals surface area contributed by atoms with Crippen LogP contribution in [-0.4, -0.2) is 15.0 Å². The van der Waals surface area contributed by atoms with Crippen molar-refractivity contribution in [3.63, 3.8) is 0 Å². The van der Waals surface area contributed by atoms with E-state index in [1.807, 2.05) is 12.3 Å². The molecule has 0 fully saturated rings. The number of hydrogen-bond donors (Lipinski definition) is 2. The Hall–Kier alpha value is -3.38. The summed E-state index contributed by atoms with van der Waals surface area (Å²) in [5, 5.41) is 7.74. The molecule has 0 radical (unpaired) electrons. The molecular formula is C23H19N5S. The van der Waals surface area contributed by atoms with Gasteiger partial charge in [-0.3, -0.25) is 4.98 Å². The van der Waals surface area contributed by atoms with Gasteiger partial charge in [0.2, 0.25) is 0 Å². The molecule has 0 aliphatic carbocycles. The highest BCUT2D eigenvalue weighted by Gasteiger charge is 2.17. The predicted octanol–water partition coefficient (Wildman–Crippen LogP) is 5.28. The molecule has 142 valence electrons. The molecular weight excluding hydrogens is 378 g/mol. The number of nitrogens with one attached hydrogen (secondary N) is 2. The lowest BCUT2D eigenvalue weighted by atomic mass is 10.1. The first kappa shape index (κ1) is 17.7. The lowest BCUT2D eigenvalue weighted by molar-refractivity contribution is 1.04. The summed E-state index contributed by atoms with van der Waals surface area (Å²) in [5.74, 6) is 0.813. The minimum absolute atomic E-state index is 0.729. The average Bonchev–Trinajstić information content (AvgIpc) is 2.78. The molecule has 0 unspecified atom stereocenters. The van der Waals surface area contributed by atoms with Gasteiger partial charge in [0.05, 0.1) is 17.6 Å². The van der Waals surface area contributed by atoms with Gasteiger partial charge in [-0.2, -0.15) is 0 Å². The highest BCUT2D eigenvalue weighted by molar-refractivity contribution is 7.99. The van der Waals surface area contributed by atoms with E-state index in [4.69, 9.17) is 0 Å². The van der Waals surface area contributed by atoms with E-state index in [1.165, 1.54) is 11.1 Å². The van der Waals surface area contributed by atoms with Gasteiger partial charge in [-0.1, -0.05) is 48.2 Å².